The number of fused-ring (bicyclic) bond motifs is 1. The Kier molecular flexibility index (Phi) is 16.1. The highest BCUT2D eigenvalue weighted by Gasteiger charge is 2.47. The number of nitrogen functional groups attached to an aromatic ring is 1. The predicted octanol–water partition coefficient (Wildman–Crippen LogP) is -3.74. The van der Waals surface area contributed by atoms with Gasteiger partial charge in [-0.1, -0.05) is 19.4 Å². The lowest BCUT2D eigenvalue weighted by atomic mass is 9.87. The Morgan fingerprint density at radius 1 is 1.05 bits per heavy atom. The fourth-order valence-electron chi connectivity index (χ4n) is 4.88. The minimum atomic E-state index is -5.94. The summed E-state index contributed by atoms with van der Waals surface area (Å²) in [6, 6.07) is 0. The number of hydrogen-bond acceptors (Lipinski definition) is 22. The van der Waals surface area contributed by atoms with Gasteiger partial charge in [-0.15, -0.1) is 0 Å². The van der Waals surface area contributed by atoms with Crippen LogP contribution in [0.25, 0.3) is 11.2 Å². The number of rotatable bonds is 22. The molecule has 0 aromatic carbocycles. The van der Waals surface area contributed by atoms with Crippen molar-refractivity contribution in [2.24, 2.45) is 5.41 Å². The molecule has 0 aliphatic carbocycles. The molecule has 0 spiro atoms. The van der Waals surface area contributed by atoms with E-state index in [1.165, 1.54) is 6.92 Å². The summed E-state index contributed by atoms with van der Waals surface area (Å²) in [5.41, 5.74) is 4.32. The molecule has 56 heavy (non-hydrogen) atoms. The van der Waals surface area contributed by atoms with E-state index in [0.29, 0.717) is 5.57 Å². The third-order valence-corrected chi connectivity index (χ3v) is 10.6. The Balaban J connectivity index is 1.50. The number of aromatic nitrogens is 4. The second-order valence-electron chi connectivity index (χ2n) is 12.8. The number of amides is 2. The molecule has 2 amide bonds. The first-order chi connectivity index (χ1) is 25.8. The molecule has 0 radical (unpaired) electrons. The van der Waals surface area contributed by atoms with Crippen LogP contribution in [0.3, 0.4) is 0 Å². The number of hydrogen-bond donors (Lipinski definition) is 6. The summed E-state index contributed by atoms with van der Waals surface area (Å²) in [5, 5.41) is 34.6. The van der Waals surface area contributed by atoms with Crippen LogP contribution in [0, 0.1) is 5.41 Å². The molecule has 7 unspecified atom stereocenters. The minimum Gasteiger partial charge on any atom is -0.790 e. The van der Waals surface area contributed by atoms with Gasteiger partial charge in [0.1, 0.15) is 36.3 Å². The average molecular weight is 858 g/mol. The summed E-state index contributed by atoms with van der Waals surface area (Å²) in [4.78, 5) is 106. The van der Waals surface area contributed by atoms with Crippen LogP contribution in [0.4, 0.5) is 5.82 Å². The maximum atomic E-state index is 12.5. The summed E-state index contributed by atoms with van der Waals surface area (Å²) in [5.74, 6) is -3.27. The zero-order valence-electron chi connectivity index (χ0n) is 29.7. The highest BCUT2D eigenvalue weighted by Crippen LogP contribution is 2.56. The van der Waals surface area contributed by atoms with E-state index in [9.17, 15) is 62.7 Å². The lowest BCUT2D eigenvalue weighted by Crippen LogP contribution is -2.46. The van der Waals surface area contributed by atoms with Gasteiger partial charge in [0.15, 0.2) is 23.5 Å². The van der Waals surface area contributed by atoms with Gasteiger partial charge >= 0.3 is 5.97 Å². The van der Waals surface area contributed by atoms with E-state index in [1.54, 1.807) is 0 Å². The van der Waals surface area contributed by atoms with Crippen LogP contribution in [0.5, 0.6) is 0 Å². The standard InChI is InChI=1S/C27H42N7O19P3/c1-14(9-18(37)38)8-15(35)4-6-29-17(36)5-7-30-25(41)22(40)27(2,3)11-50-56(47,48)53-55(45,46)49-10-16-21(52-54(42,43)44)20(39)26(51-16)34-13-33-19-23(28)31-12-32-24(19)34/h8,12-13,16,20-22,26,39-40H,4-7,9-11H2,1-3H3,(H,29,36)(H,30,41)(H,37,38)(H,45,46)(H,47,48)(H2,28,31,32)(H2,42,43,44)/p-4/b14-8+. The van der Waals surface area contributed by atoms with Crippen LogP contribution in [0.1, 0.15) is 46.3 Å². The van der Waals surface area contributed by atoms with Crippen LogP contribution < -0.4 is 35.9 Å². The first kappa shape index (κ1) is 46.8. The van der Waals surface area contributed by atoms with E-state index in [1.807, 2.05) is 0 Å². The molecule has 7 atom stereocenters. The summed E-state index contributed by atoms with van der Waals surface area (Å²) in [6.07, 6.45) is -7.11. The predicted molar refractivity (Wildman–Crippen MR) is 176 cm³/mol. The number of carboxylic acid groups (broad SMARTS) is 1. The topological polar surface area (TPSA) is 412 Å². The molecule has 1 saturated heterocycles. The van der Waals surface area contributed by atoms with Crippen molar-refractivity contribution >= 4 is 64.0 Å². The quantitative estimate of drug-likeness (QED) is 0.0489. The highest BCUT2D eigenvalue weighted by atomic mass is 31.3. The fourth-order valence-corrected chi connectivity index (χ4v) is 7.61. The number of nitrogens with zero attached hydrogens (tertiary/aromatic N) is 4. The zero-order chi connectivity index (χ0) is 42.2. The lowest BCUT2D eigenvalue weighted by Gasteiger charge is -2.36. The van der Waals surface area contributed by atoms with Crippen molar-refractivity contribution in [1.29, 1.82) is 0 Å². The zero-order valence-corrected chi connectivity index (χ0v) is 32.3. The van der Waals surface area contributed by atoms with Crippen molar-refractivity contribution in [2.45, 2.75) is 70.7 Å². The average Bonchev–Trinajstić information content (AvgIpc) is 3.62. The number of carbonyl (C=O) groups is 4. The number of allylic oxidation sites excluding steroid dienone is 1. The van der Waals surface area contributed by atoms with Crippen LogP contribution in [0.2, 0.25) is 0 Å². The van der Waals surface area contributed by atoms with Gasteiger partial charge in [-0.05, 0) is 13.0 Å². The van der Waals surface area contributed by atoms with Gasteiger partial charge in [0, 0.05) is 31.3 Å². The number of ketones is 1. The van der Waals surface area contributed by atoms with Crippen LogP contribution in [-0.2, 0) is 55.5 Å². The number of aliphatic hydroxyl groups excluding tert-OH is 2. The van der Waals surface area contributed by atoms with Crippen LogP contribution >= 0.6 is 23.5 Å². The van der Waals surface area contributed by atoms with Crippen molar-refractivity contribution in [3.63, 3.8) is 0 Å². The van der Waals surface area contributed by atoms with Crippen molar-refractivity contribution < 1.29 is 90.4 Å². The normalized spacial score (nSPS) is 21.9. The number of anilines is 1. The van der Waals surface area contributed by atoms with E-state index < -0.39 is 96.3 Å². The monoisotopic (exact) mass is 857 g/mol. The van der Waals surface area contributed by atoms with Crippen molar-refractivity contribution in [2.75, 3.05) is 32.0 Å². The molecule has 2 aromatic rings. The molecular weight excluding hydrogens is 819 g/mol. The van der Waals surface area contributed by atoms with Gasteiger partial charge in [-0.3, -0.25) is 32.9 Å². The van der Waals surface area contributed by atoms with Crippen molar-refractivity contribution in [3.8, 4) is 0 Å². The largest absolute Gasteiger partial charge is 0.790 e. The molecule has 3 heterocycles. The molecule has 7 N–H and O–H groups in total. The Morgan fingerprint density at radius 2 is 1.70 bits per heavy atom. The highest BCUT2D eigenvalue weighted by molar-refractivity contribution is 7.59. The summed E-state index contributed by atoms with van der Waals surface area (Å²) >= 11 is 0. The molecule has 29 heteroatoms. The molecule has 314 valence electrons. The van der Waals surface area contributed by atoms with Gasteiger partial charge in [0.25, 0.3) is 15.6 Å². The minimum absolute atomic E-state index is 0.0313. The summed E-state index contributed by atoms with van der Waals surface area (Å²) in [6.45, 7) is 1.08. The molecule has 1 aliphatic rings. The smallest absolute Gasteiger partial charge is 0.307 e. The molecular formula is C27H38N7O19P3-4. The number of ether oxygens (including phenoxy) is 1. The fraction of sp³-hybridized carbons (Fsp3) is 0.593. The molecule has 26 nitrogen and oxygen atoms in total. The third kappa shape index (κ3) is 14.1. The molecule has 1 fully saturated rings. The number of carbonyl (C=O) groups excluding carboxylic acids is 3. The first-order valence-electron chi connectivity index (χ1n) is 16.0. The molecule has 0 saturated carbocycles. The van der Waals surface area contributed by atoms with Gasteiger partial charge in [-0.2, -0.15) is 0 Å². The number of imidazole rings is 1. The Hall–Kier alpha value is -3.58. The maximum Gasteiger partial charge on any atom is 0.307 e. The third-order valence-electron chi connectivity index (χ3n) is 7.58. The van der Waals surface area contributed by atoms with E-state index in [-0.39, 0.29) is 49.3 Å². The van der Waals surface area contributed by atoms with E-state index in [4.69, 9.17) is 15.6 Å². The number of aliphatic carboxylic acids is 1. The van der Waals surface area contributed by atoms with E-state index in [2.05, 4.69) is 43.5 Å². The Bertz CT molecular complexity index is 1940. The SMILES string of the molecule is C/C(=C\C(=O)CCNC(=O)CCNC(=O)C(O)C(C)(C)COP(=O)([O-])OP(=O)([O-])OCC1OC(n2cnc3c(N)ncnc32)C(O)C1OP(=O)([O-])[O-])CC(=O)O. The number of phosphoric acid groups is 3. The lowest BCUT2D eigenvalue weighted by molar-refractivity contribution is -0.347. The van der Waals surface area contributed by atoms with E-state index in [0.717, 1.165) is 37.1 Å². The maximum absolute atomic E-state index is 12.5. The van der Waals surface area contributed by atoms with Gasteiger partial charge in [0.2, 0.25) is 11.8 Å². The summed E-state index contributed by atoms with van der Waals surface area (Å²) < 4.78 is 60.3. The Labute approximate surface area is 316 Å². The Morgan fingerprint density at radius 3 is 2.34 bits per heavy atom. The summed E-state index contributed by atoms with van der Waals surface area (Å²) in [7, 11) is -17.7. The van der Waals surface area contributed by atoms with Gasteiger partial charge in [-0.25, -0.2) is 19.3 Å². The van der Waals surface area contributed by atoms with Gasteiger partial charge < -0.3 is 74.1 Å². The van der Waals surface area contributed by atoms with Crippen molar-refractivity contribution in [3.05, 3.63) is 24.3 Å². The number of phosphoric ester groups is 3. The first-order valence-corrected chi connectivity index (χ1v) is 20.4. The number of nitrogens with one attached hydrogen (secondary N) is 2. The molecule has 3 rings (SSSR count). The number of nitrogens with two attached hydrogens (primary N) is 1. The molecule has 0 bridgehead atoms. The van der Waals surface area contributed by atoms with Crippen LogP contribution in [0.15, 0.2) is 24.3 Å². The second-order valence-corrected chi connectivity index (χ2v) is 16.8. The molecule has 2 aromatic heterocycles. The molecule has 1 aliphatic heterocycles. The number of aliphatic hydroxyl groups is 2. The van der Waals surface area contributed by atoms with Crippen LogP contribution in [-0.4, -0.2) is 109 Å². The number of carboxylic acids is 1. The van der Waals surface area contributed by atoms with Gasteiger partial charge in [0.05, 0.1) is 33.8 Å². The van der Waals surface area contributed by atoms with Crippen molar-refractivity contribution in [1.82, 2.24) is 30.2 Å². The van der Waals surface area contributed by atoms with E-state index >= 15 is 0 Å². The second kappa shape index (κ2) is 19.2.